The second-order valence-electron chi connectivity index (χ2n) is 5.09. The van der Waals surface area contributed by atoms with Crippen LogP contribution in [0.3, 0.4) is 0 Å². The molecule has 0 saturated heterocycles. The predicted molar refractivity (Wildman–Crippen MR) is 84.6 cm³/mol. The van der Waals surface area contributed by atoms with Gasteiger partial charge in [-0.05, 0) is 42.5 Å². The summed E-state index contributed by atoms with van der Waals surface area (Å²) in [7, 11) is 1.31. The number of hydrogen-bond acceptors (Lipinski definition) is 4. The highest BCUT2D eigenvalue weighted by Gasteiger charge is 2.27. The Morgan fingerprint density at radius 3 is 2.48 bits per heavy atom. The number of nitriles is 1. The number of nitrogens with zero attached hydrogens (tertiary/aromatic N) is 1. The molecule has 0 aliphatic carbocycles. The molecule has 0 aliphatic heterocycles. The van der Waals surface area contributed by atoms with Crippen molar-refractivity contribution in [1.29, 1.82) is 5.26 Å². The molecule has 7 heteroatoms. The standard InChI is InChI=1S/C18H14F2N2O3/c1-22-18(24)15(9-21)17(23)11-2-7-16(20)12(8-11)10-25-14-5-3-13(19)4-6-14/h2-8,15H,10H2,1H3,(H,22,24)/t15-/m1/s1. The molecule has 1 N–H and O–H groups in total. The summed E-state index contributed by atoms with van der Waals surface area (Å²) in [4.78, 5) is 23.8. The molecular weight excluding hydrogens is 330 g/mol. The molecule has 2 aromatic carbocycles. The van der Waals surface area contributed by atoms with Crippen LogP contribution in [0.1, 0.15) is 15.9 Å². The third-order valence-corrected chi connectivity index (χ3v) is 3.44. The zero-order valence-electron chi connectivity index (χ0n) is 13.3. The number of hydrogen-bond donors (Lipinski definition) is 1. The highest BCUT2D eigenvalue weighted by atomic mass is 19.1. The molecule has 0 aromatic heterocycles. The average Bonchev–Trinajstić information content (AvgIpc) is 2.62. The molecule has 1 atom stereocenters. The molecule has 0 radical (unpaired) electrons. The molecular formula is C18H14F2N2O3. The van der Waals surface area contributed by atoms with Crippen molar-refractivity contribution in [2.45, 2.75) is 6.61 Å². The quantitative estimate of drug-likeness (QED) is 0.645. The van der Waals surface area contributed by atoms with Gasteiger partial charge < -0.3 is 10.1 Å². The Morgan fingerprint density at radius 1 is 1.20 bits per heavy atom. The average molecular weight is 344 g/mol. The molecule has 0 unspecified atom stereocenters. The SMILES string of the molecule is CNC(=O)[C@H](C#N)C(=O)c1ccc(F)c(COc2ccc(F)cc2)c1. The second-order valence-corrected chi connectivity index (χ2v) is 5.09. The number of benzene rings is 2. The van der Waals surface area contributed by atoms with Crippen molar-refractivity contribution >= 4 is 11.7 Å². The van der Waals surface area contributed by atoms with Crippen LogP contribution >= 0.6 is 0 Å². The minimum atomic E-state index is -1.51. The minimum Gasteiger partial charge on any atom is -0.489 e. The molecule has 1 amide bonds. The van der Waals surface area contributed by atoms with Crippen LogP contribution in [-0.4, -0.2) is 18.7 Å². The Hall–Kier alpha value is -3.27. The first-order valence-corrected chi connectivity index (χ1v) is 7.28. The van der Waals surface area contributed by atoms with Crippen molar-refractivity contribution < 1.29 is 23.1 Å². The van der Waals surface area contributed by atoms with E-state index in [0.717, 1.165) is 6.07 Å². The van der Waals surface area contributed by atoms with Gasteiger partial charge in [0, 0.05) is 18.2 Å². The normalized spacial score (nSPS) is 11.3. The molecule has 0 spiro atoms. The molecule has 0 bridgehead atoms. The molecule has 0 aliphatic rings. The Labute approximate surface area is 142 Å². The molecule has 0 fully saturated rings. The van der Waals surface area contributed by atoms with Crippen LogP contribution in [0.4, 0.5) is 8.78 Å². The van der Waals surface area contributed by atoms with E-state index in [2.05, 4.69) is 5.32 Å². The van der Waals surface area contributed by atoms with Gasteiger partial charge in [0.25, 0.3) is 0 Å². The second kappa shape index (κ2) is 8.02. The van der Waals surface area contributed by atoms with Gasteiger partial charge in [0.05, 0.1) is 6.07 Å². The summed E-state index contributed by atoms with van der Waals surface area (Å²) < 4.78 is 32.1. The fourth-order valence-electron chi connectivity index (χ4n) is 2.08. The lowest BCUT2D eigenvalue weighted by atomic mass is 9.96. The number of ketones is 1. The van der Waals surface area contributed by atoms with Crippen molar-refractivity contribution in [3.63, 3.8) is 0 Å². The molecule has 2 aromatic rings. The number of rotatable bonds is 6. The largest absolute Gasteiger partial charge is 0.489 e. The first kappa shape index (κ1) is 18.1. The number of ether oxygens (including phenoxy) is 1. The van der Waals surface area contributed by atoms with Gasteiger partial charge in [0.1, 0.15) is 24.0 Å². The van der Waals surface area contributed by atoms with E-state index in [4.69, 9.17) is 10.00 Å². The van der Waals surface area contributed by atoms with Crippen molar-refractivity contribution in [3.05, 3.63) is 65.2 Å². The summed E-state index contributed by atoms with van der Waals surface area (Å²) in [6.45, 7) is -0.199. The number of nitrogens with one attached hydrogen (secondary N) is 1. The number of carbonyl (C=O) groups is 2. The van der Waals surface area contributed by atoms with Crippen molar-refractivity contribution in [2.24, 2.45) is 5.92 Å². The summed E-state index contributed by atoms with van der Waals surface area (Å²) in [5.41, 5.74) is 0.0954. The van der Waals surface area contributed by atoms with Crippen LogP contribution in [0.5, 0.6) is 5.75 Å². The molecule has 128 valence electrons. The van der Waals surface area contributed by atoms with E-state index in [0.29, 0.717) is 5.75 Å². The Bertz CT molecular complexity index is 829. The smallest absolute Gasteiger partial charge is 0.245 e. The van der Waals surface area contributed by atoms with Gasteiger partial charge in [-0.25, -0.2) is 8.78 Å². The van der Waals surface area contributed by atoms with E-state index in [1.807, 2.05) is 0 Å². The highest BCUT2D eigenvalue weighted by Crippen LogP contribution is 2.18. The zero-order valence-corrected chi connectivity index (χ0v) is 13.3. The van der Waals surface area contributed by atoms with Crippen molar-refractivity contribution in [2.75, 3.05) is 7.05 Å². The maximum absolute atomic E-state index is 13.9. The first-order chi connectivity index (χ1) is 12.0. The fourth-order valence-corrected chi connectivity index (χ4v) is 2.08. The highest BCUT2D eigenvalue weighted by molar-refractivity contribution is 6.12. The lowest BCUT2D eigenvalue weighted by molar-refractivity contribution is -0.121. The summed E-state index contributed by atoms with van der Waals surface area (Å²) in [5, 5.41) is 11.2. The van der Waals surface area contributed by atoms with Gasteiger partial charge in [0.2, 0.25) is 5.91 Å². The monoisotopic (exact) mass is 344 g/mol. The molecule has 25 heavy (non-hydrogen) atoms. The van der Waals surface area contributed by atoms with Crippen LogP contribution in [0, 0.1) is 28.9 Å². The molecule has 2 rings (SSSR count). The number of carbonyl (C=O) groups excluding carboxylic acids is 2. The van der Waals surface area contributed by atoms with Gasteiger partial charge in [-0.2, -0.15) is 5.26 Å². The Balaban J connectivity index is 2.19. The van der Waals surface area contributed by atoms with Crippen LogP contribution in [-0.2, 0) is 11.4 Å². The first-order valence-electron chi connectivity index (χ1n) is 7.28. The van der Waals surface area contributed by atoms with E-state index in [9.17, 15) is 18.4 Å². The Morgan fingerprint density at radius 2 is 1.88 bits per heavy atom. The fraction of sp³-hybridized carbons (Fsp3) is 0.167. The summed E-state index contributed by atoms with van der Waals surface area (Å²) >= 11 is 0. The molecule has 0 heterocycles. The van der Waals surface area contributed by atoms with Crippen LogP contribution < -0.4 is 10.1 Å². The molecule has 5 nitrogen and oxygen atoms in total. The van der Waals surface area contributed by atoms with Gasteiger partial charge in [-0.15, -0.1) is 0 Å². The number of amides is 1. The van der Waals surface area contributed by atoms with Crippen LogP contribution in [0.2, 0.25) is 0 Å². The number of Topliss-reactive ketones (excluding diaryl/α,β-unsaturated/α-hetero) is 1. The maximum Gasteiger partial charge on any atom is 0.245 e. The van der Waals surface area contributed by atoms with Gasteiger partial charge in [-0.1, -0.05) is 0 Å². The third kappa shape index (κ3) is 4.38. The van der Waals surface area contributed by atoms with Gasteiger partial charge in [0.15, 0.2) is 11.7 Å². The van der Waals surface area contributed by atoms with E-state index in [1.54, 1.807) is 6.07 Å². The molecule has 0 saturated carbocycles. The maximum atomic E-state index is 13.9. The summed E-state index contributed by atoms with van der Waals surface area (Å²) in [5.74, 6) is -3.68. The summed E-state index contributed by atoms with van der Waals surface area (Å²) in [6.07, 6.45) is 0. The topological polar surface area (TPSA) is 79.2 Å². The third-order valence-electron chi connectivity index (χ3n) is 3.44. The van der Waals surface area contributed by atoms with Gasteiger partial charge >= 0.3 is 0 Å². The van der Waals surface area contributed by atoms with Crippen molar-refractivity contribution in [3.8, 4) is 11.8 Å². The lowest BCUT2D eigenvalue weighted by Crippen LogP contribution is -2.32. The van der Waals surface area contributed by atoms with E-state index >= 15 is 0 Å². The zero-order chi connectivity index (χ0) is 18.4. The minimum absolute atomic E-state index is 0.0225. The van der Waals surface area contributed by atoms with E-state index in [-0.39, 0.29) is 17.7 Å². The van der Waals surface area contributed by atoms with Crippen LogP contribution in [0.25, 0.3) is 0 Å². The number of halogens is 2. The van der Waals surface area contributed by atoms with E-state index < -0.39 is 29.2 Å². The summed E-state index contributed by atoms with van der Waals surface area (Å²) in [6, 6.07) is 10.3. The van der Waals surface area contributed by atoms with E-state index in [1.165, 1.54) is 43.4 Å². The van der Waals surface area contributed by atoms with Crippen molar-refractivity contribution in [1.82, 2.24) is 5.32 Å². The Kier molecular flexibility index (Phi) is 5.79. The lowest BCUT2D eigenvalue weighted by Gasteiger charge is -2.10. The van der Waals surface area contributed by atoms with Gasteiger partial charge in [-0.3, -0.25) is 9.59 Å². The van der Waals surface area contributed by atoms with Crippen LogP contribution in [0.15, 0.2) is 42.5 Å². The predicted octanol–water partition coefficient (Wildman–Crippen LogP) is 2.61.